The third-order valence-electron chi connectivity index (χ3n) is 2.79. The monoisotopic (exact) mass is 291 g/mol. The first-order valence-corrected chi connectivity index (χ1v) is 7.29. The quantitative estimate of drug-likeness (QED) is 0.847. The van der Waals surface area contributed by atoms with Crippen molar-refractivity contribution in [2.24, 2.45) is 0 Å². The highest BCUT2D eigenvalue weighted by molar-refractivity contribution is 7.92. The first-order valence-electron chi connectivity index (χ1n) is 5.80. The van der Waals surface area contributed by atoms with Gasteiger partial charge in [0.2, 0.25) is 0 Å². The smallest absolute Gasteiger partial charge is 0.262 e. The standard InChI is InChI=1S/C14H13NO4S/c1-10-4-2-3-5-14(10)20(18,19)15-12-7-6-11(9-16)13(17)8-12/h2-9,15,17H,1H3. The summed E-state index contributed by atoms with van der Waals surface area (Å²) >= 11 is 0. The van der Waals surface area contributed by atoms with E-state index in [1.807, 2.05) is 0 Å². The van der Waals surface area contributed by atoms with Gasteiger partial charge in [0.25, 0.3) is 10.0 Å². The average Bonchev–Trinajstić information content (AvgIpc) is 2.38. The topological polar surface area (TPSA) is 83.5 Å². The maximum Gasteiger partial charge on any atom is 0.262 e. The van der Waals surface area contributed by atoms with Gasteiger partial charge in [0.1, 0.15) is 5.75 Å². The van der Waals surface area contributed by atoms with Crippen molar-refractivity contribution in [1.29, 1.82) is 0 Å². The van der Waals surface area contributed by atoms with Crippen molar-refractivity contribution in [3.8, 4) is 5.75 Å². The molecule has 0 saturated carbocycles. The summed E-state index contributed by atoms with van der Waals surface area (Å²) in [7, 11) is -3.73. The van der Waals surface area contributed by atoms with E-state index in [4.69, 9.17) is 0 Å². The van der Waals surface area contributed by atoms with E-state index >= 15 is 0 Å². The summed E-state index contributed by atoms with van der Waals surface area (Å²) in [6, 6.07) is 10.5. The van der Waals surface area contributed by atoms with E-state index in [9.17, 15) is 18.3 Å². The Morgan fingerprint density at radius 3 is 2.45 bits per heavy atom. The molecule has 0 aliphatic heterocycles. The zero-order valence-corrected chi connectivity index (χ0v) is 11.5. The van der Waals surface area contributed by atoms with E-state index in [0.29, 0.717) is 11.8 Å². The maximum atomic E-state index is 12.2. The van der Waals surface area contributed by atoms with Gasteiger partial charge >= 0.3 is 0 Å². The minimum atomic E-state index is -3.73. The van der Waals surface area contributed by atoms with Gasteiger partial charge in [-0.25, -0.2) is 8.42 Å². The van der Waals surface area contributed by atoms with Crippen LogP contribution in [0.4, 0.5) is 5.69 Å². The third-order valence-corrected chi connectivity index (χ3v) is 4.33. The Labute approximate surface area is 116 Å². The van der Waals surface area contributed by atoms with Crippen molar-refractivity contribution >= 4 is 22.0 Å². The van der Waals surface area contributed by atoms with Crippen LogP contribution in [0, 0.1) is 6.92 Å². The van der Waals surface area contributed by atoms with Crippen LogP contribution in [-0.4, -0.2) is 19.8 Å². The van der Waals surface area contributed by atoms with Gasteiger partial charge < -0.3 is 5.11 Å². The second kappa shape index (κ2) is 5.34. The normalized spacial score (nSPS) is 11.1. The highest BCUT2D eigenvalue weighted by Crippen LogP contribution is 2.24. The number of aldehydes is 1. The van der Waals surface area contributed by atoms with Crippen LogP contribution in [0.15, 0.2) is 47.4 Å². The van der Waals surface area contributed by atoms with Crippen molar-refractivity contribution in [2.45, 2.75) is 11.8 Å². The van der Waals surface area contributed by atoms with Crippen LogP contribution < -0.4 is 4.72 Å². The molecule has 0 atom stereocenters. The summed E-state index contributed by atoms with van der Waals surface area (Å²) in [5.41, 5.74) is 0.911. The van der Waals surface area contributed by atoms with Crippen LogP contribution in [0.25, 0.3) is 0 Å². The van der Waals surface area contributed by atoms with Crippen molar-refractivity contribution in [3.05, 3.63) is 53.6 Å². The maximum absolute atomic E-state index is 12.2. The number of hydrogen-bond donors (Lipinski definition) is 2. The number of rotatable bonds is 4. The lowest BCUT2D eigenvalue weighted by Gasteiger charge is -2.10. The number of carbonyl (C=O) groups is 1. The van der Waals surface area contributed by atoms with Gasteiger partial charge in [-0.05, 0) is 30.7 Å². The molecule has 20 heavy (non-hydrogen) atoms. The molecule has 0 aromatic heterocycles. The molecule has 6 heteroatoms. The number of phenolic OH excluding ortho intramolecular Hbond substituents is 1. The van der Waals surface area contributed by atoms with E-state index in [1.54, 1.807) is 25.1 Å². The molecule has 0 bridgehead atoms. The molecule has 5 nitrogen and oxygen atoms in total. The Morgan fingerprint density at radius 2 is 1.85 bits per heavy atom. The van der Waals surface area contributed by atoms with Crippen molar-refractivity contribution < 1.29 is 18.3 Å². The number of benzene rings is 2. The fourth-order valence-electron chi connectivity index (χ4n) is 1.77. The second-order valence-electron chi connectivity index (χ2n) is 4.26. The Morgan fingerprint density at radius 1 is 1.15 bits per heavy atom. The summed E-state index contributed by atoms with van der Waals surface area (Å²) in [6.45, 7) is 1.70. The van der Waals surface area contributed by atoms with E-state index in [0.717, 1.165) is 0 Å². The largest absolute Gasteiger partial charge is 0.507 e. The van der Waals surface area contributed by atoms with Gasteiger partial charge in [0, 0.05) is 6.07 Å². The van der Waals surface area contributed by atoms with Crippen LogP contribution >= 0.6 is 0 Å². The number of aryl methyl sites for hydroxylation is 1. The predicted octanol–water partition coefficient (Wildman–Crippen LogP) is 2.31. The molecule has 0 amide bonds. The molecule has 0 unspecified atom stereocenters. The molecule has 0 radical (unpaired) electrons. The lowest BCUT2D eigenvalue weighted by atomic mass is 10.2. The van der Waals surface area contributed by atoms with Gasteiger partial charge in [0.15, 0.2) is 6.29 Å². The van der Waals surface area contributed by atoms with Crippen LogP contribution in [0.2, 0.25) is 0 Å². The minimum Gasteiger partial charge on any atom is -0.507 e. The number of aromatic hydroxyl groups is 1. The molecular weight excluding hydrogens is 278 g/mol. The van der Waals surface area contributed by atoms with Gasteiger partial charge in [-0.3, -0.25) is 9.52 Å². The summed E-state index contributed by atoms with van der Waals surface area (Å²) in [6.07, 6.45) is 0.495. The highest BCUT2D eigenvalue weighted by Gasteiger charge is 2.16. The molecule has 0 saturated heterocycles. The molecule has 2 N–H and O–H groups in total. The first kappa shape index (κ1) is 14.1. The summed E-state index contributed by atoms with van der Waals surface area (Å²) < 4.78 is 26.8. The SMILES string of the molecule is Cc1ccccc1S(=O)(=O)Nc1ccc(C=O)c(O)c1. The molecule has 2 rings (SSSR count). The molecule has 2 aromatic rings. The Bertz CT molecular complexity index is 754. The van der Waals surface area contributed by atoms with Crippen LogP contribution in [0.5, 0.6) is 5.75 Å². The second-order valence-corrected chi connectivity index (χ2v) is 5.91. The molecule has 0 aliphatic carbocycles. The molecule has 0 fully saturated rings. The van der Waals surface area contributed by atoms with Crippen LogP contribution in [0.1, 0.15) is 15.9 Å². The highest BCUT2D eigenvalue weighted by atomic mass is 32.2. The summed E-state index contributed by atoms with van der Waals surface area (Å²) in [4.78, 5) is 10.8. The summed E-state index contributed by atoms with van der Waals surface area (Å²) in [5, 5.41) is 9.55. The van der Waals surface area contributed by atoms with Gasteiger partial charge in [-0.15, -0.1) is 0 Å². The lowest BCUT2D eigenvalue weighted by molar-refractivity contribution is 0.112. The van der Waals surface area contributed by atoms with Crippen LogP contribution in [0.3, 0.4) is 0 Å². The molecule has 0 spiro atoms. The number of anilines is 1. The lowest BCUT2D eigenvalue weighted by Crippen LogP contribution is -2.14. The van der Waals surface area contributed by atoms with E-state index < -0.39 is 10.0 Å². The van der Waals surface area contributed by atoms with Gasteiger partial charge in [0.05, 0.1) is 16.1 Å². The zero-order chi connectivity index (χ0) is 14.8. The fourth-order valence-corrected chi connectivity index (χ4v) is 3.07. The number of hydrogen-bond acceptors (Lipinski definition) is 4. The molecule has 2 aromatic carbocycles. The third kappa shape index (κ3) is 2.80. The predicted molar refractivity (Wildman–Crippen MR) is 75.5 cm³/mol. The molecule has 0 aliphatic rings. The van der Waals surface area contributed by atoms with E-state index in [-0.39, 0.29) is 21.9 Å². The Balaban J connectivity index is 2.36. The Kier molecular flexibility index (Phi) is 3.76. The van der Waals surface area contributed by atoms with E-state index in [2.05, 4.69) is 4.72 Å². The summed E-state index contributed by atoms with van der Waals surface area (Å²) in [5.74, 6) is -0.273. The number of sulfonamides is 1. The van der Waals surface area contributed by atoms with E-state index in [1.165, 1.54) is 24.3 Å². The number of nitrogens with one attached hydrogen (secondary N) is 1. The van der Waals surface area contributed by atoms with Gasteiger partial charge in [-0.1, -0.05) is 18.2 Å². The molecular formula is C14H13NO4S. The minimum absolute atomic E-state index is 0.101. The number of phenols is 1. The van der Waals surface area contributed by atoms with Gasteiger partial charge in [-0.2, -0.15) is 0 Å². The van der Waals surface area contributed by atoms with Crippen LogP contribution in [-0.2, 0) is 10.0 Å². The average molecular weight is 291 g/mol. The van der Waals surface area contributed by atoms with Crippen molar-refractivity contribution in [2.75, 3.05) is 4.72 Å². The molecule has 0 heterocycles. The Hall–Kier alpha value is -2.34. The molecule has 104 valence electrons. The fraction of sp³-hybridized carbons (Fsp3) is 0.0714. The first-order chi connectivity index (χ1) is 9.44. The van der Waals surface area contributed by atoms with Crippen molar-refractivity contribution in [3.63, 3.8) is 0 Å². The number of carbonyl (C=O) groups excluding carboxylic acids is 1. The van der Waals surface area contributed by atoms with Crippen molar-refractivity contribution in [1.82, 2.24) is 0 Å². The zero-order valence-electron chi connectivity index (χ0n) is 10.7.